The van der Waals surface area contributed by atoms with Crippen molar-refractivity contribution in [2.24, 2.45) is 11.8 Å². The van der Waals surface area contributed by atoms with Crippen molar-refractivity contribution in [3.05, 3.63) is 17.5 Å². The number of aromatic carboxylic acids is 1. The lowest BCUT2D eigenvalue weighted by molar-refractivity contribution is 0.0684. The maximum atomic E-state index is 11.5. The molecule has 0 radical (unpaired) electrons. The third-order valence-electron chi connectivity index (χ3n) is 3.50. The lowest BCUT2D eigenvalue weighted by atomic mass is 10.4. The van der Waals surface area contributed by atoms with Crippen LogP contribution in [0.4, 0.5) is 4.79 Å². The van der Waals surface area contributed by atoms with Crippen LogP contribution in [0.25, 0.3) is 0 Å². The van der Waals surface area contributed by atoms with Gasteiger partial charge in [0.2, 0.25) is 0 Å². The van der Waals surface area contributed by atoms with Gasteiger partial charge in [-0.15, -0.1) is 0 Å². The molecule has 2 fully saturated rings. The fraction of sp³-hybridized carbons (Fsp3) is 0.545. The van der Waals surface area contributed by atoms with E-state index in [4.69, 9.17) is 14.4 Å². The molecule has 8 heteroatoms. The Balaban J connectivity index is 1.44. The van der Waals surface area contributed by atoms with Crippen LogP contribution in [0.3, 0.4) is 0 Å². The molecule has 2 atom stereocenters. The summed E-state index contributed by atoms with van der Waals surface area (Å²) in [4.78, 5) is 22.1. The van der Waals surface area contributed by atoms with Gasteiger partial charge in [-0.3, -0.25) is 0 Å². The molecule has 102 valence electrons. The number of ether oxygens (including phenoxy) is 1. The van der Waals surface area contributed by atoms with Crippen molar-refractivity contribution in [3.63, 3.8) is 0 Å². The maximum Gasteiger partial charge on any atom is 0.407 e. The van der Waals surface area contributed by atoms with Gasteiger partial charge in [0.05, 0.1) is 0 Å². The Hall–Kier alpha value is -2.09. The standard InChI is InChI=1S/C11H13N3O5/c15-10(16)8-1-5(19-14-8)4-18-11(17)13-9-6-2-12-3-7(6)9/h1,6-7,9,12H,2-4H2,(H,13,17)(H,15,16). The number of rotatable bonds is 4. The first-order valence-electron chi connectivity index (χ1n) is 5.98. The van der Waals surface area contributed by atoms with Crippen molar-refractivity contribution in [1.29, 1.82) is 0 Å². The number of piperidine rings is 1. The van der Waals surface area contributed by atoms with E-state index in [2.05, 4.69) is 15.8 Å². The Morgan fingerprint density at radius 2 is 2.26 bits per heavy atom. The summed E-state index contributed by atoms with van der Waals surface area (Å²) in [5.41, 5.74) is -0.207. The largest absolute Gasteiger partial charge is 0.476 e. The van der Waals surface area contributed by atoms with E-state index in [9.17, 15) is 9.59 Å². The molecule has 8 nitrogen and oxygen atoms in total. The first-order chi connectivity index (χ1) is 9.15. The monoisotopic (exact) mass is 267 g/mol. The molecule has 1 saturated heterocycles. The predicted molar refractivity (Wildman–Crippen MR) is 60.4 cm³/mol. The summed E-state index contributed by atoms with van der Waals surface area (Å²) < 4.78 is 9.67. The zero-order chi connectivity index (χ0) is 13.4. The van der Waals surface area contributed by atoms with Gasteiger partial charge in [0, 0.05) is 25.2 Å². The van der Waals surface area contributed by atoms with E-state index in [1.807, 2.05) is 0 Å². The van der Waals surface area contributed by atoms with Crippen molar-refractivity contribution in [1.82, 2.24) is 15.8 Å². The van der Waals surface area contributed by atoms with Crippen LogP contribution in [0.5, 0.6) is 0 Å². The first kappa shape index (κ1) is 12.0. The summed E-state index contributed by atoms with van der Waals surface area (Å²) in [5.74, 6) is 0.0378. The van der Waals surface area contributed by atoms with E-state index in [1.54, 1.807) is 0 Å². The molecular formula is C11H13N3O5. The molecule has 3 rings (SSSR count). The number of hydrogen-bond acceptors (Lipinski definition) is 6. The molecule has 2 aliphatic rings. The molecule has 2 unspecified atom stereocenters. The van der Waals surface area contributed by atoms with Crippen LogP contribution in [0.15, 0.2) is 10.6 Å². The van der Waals surface area contributed by atoms with E-state index < -0.39 is 12.1 Å². The highest BCUT2D eigenvalue weighted by molar-refractivity contribution is 5.85. The smallest absolute Gasteiger partial charge is 0.407 e. The van der Waals surface area contributed by atoms with Crippen molar-refractivity contribution in [3.8, 4) is 0 Å². The van der Waals surface area contributed by atoms with Crippen LogP contribution in [0.2, 0.25) is 0 Å². The van der Waals surface area contributed by atoms with Gasteiger partial charge < -0.3 is 25.0 Å². The number of aromatic nitrogens is 1. The summed E-state index contributed by atoms with van der Waals surface area (Å²) in [6.07, 6.45) is -0.521. The average molecular weight is 267 g/mol. The highest BCUT2D eigenvalue weighted by atomic mass is 16.6. The summed E-state index contributed by atoms with van der Waals surface area (Å²) in [6.45, 7) is 1.73. The summed E-state index contributed by atoms with van der Waals surface area (Å²) in [5, 5.41) is 18.0. The van der Waals surface area contributed by atoms with Crippen LogP contribution in [0.1, 0.15) is 16.2 Å². The topological polar surface area (TPSA) is 114 Å². The average Bonchev–Trinajstić information content (AvgIpc) is 2.82. The molecule has 1 aliphatic heterocycles. The molecule has 0 bridgehead atoms. The van der Waals surface area contributed by atoms with Crippen LogP contribution in [-0.2, 0) is 11.3 Å². The van der Waals surface area contributed by atoms with E-state index in [0.29, 0.717) is 11.8 Å². The van der Waals surface area contributed by atoms with Gasteiger partial charge in [0.1, 0.15) is 0 Å². The highest BCUT2D eigenvalue weighted by Crippen LogP contribution is 2.41. The minimum absolute atomic E-state index is 0.133. The molecule has 1 aliphatic carbocycles. The second-order valence-corrected chi connectivity index (χ2v) is 4.72. The molecule has 0 aromatic carbocycles. The molecule has 1 saturated carbocycles. The molecule has 1 aromatic rings. The number of hydrogen-bond donors (Lipinski definition) is 3. The van der Waals surface area contributed by atoms with Gasteiger partial charge in [-0.2, -0.15) is 0 Å². The lowest BCUT2D eigenvalue weighted by Crippen LogP contribution is -2.32. The molecule has 0 spiro atoms. The van der Waals surface area contributed by atoms with Crippen molar-refractivity contribution < 1.29 is 24.0 Å². The minimum Gasteiger partial charge on any atom is -0.476 e. The van der Waals surface area contributed by atoms with Crippen molar-refractivity contribution in [2.75, 3.05) is 13.1 Å². The number of amides is 1. The number of carboxylic acid groups (broad SMARTS) is 1. The molecule has 1 amide bonds. The van der Waals surface area contributed by atoms with Crippen LogP contribution >= 0.6 is 0 Å². The fourth-order valence-electron chi connectivity index (χ4n) is 2.43. The predicted octanol–water partition coefficient (Wildman–Crippen LogP) is -0.183. The van der Waals surface area contributed by atoms with E-state index >= 15 is 0 Å². The Kier molecular flexibility index (Phi) is 2.86. The van der Waals surface area contributed by atoms with Gasteiger partial charge in [0.15, 0.2) is 18.1 Å². The van der Waals surface area contributed by atoms with Gasteiger partial charge in [-0.05, 0) is 11.8 Å². The van der Waals surface area contributed by atoms with Crippen molar-refractivity contribution in [2.45, 2.75) is 12.6 Å². The Morgan fingerprint density at radius 1 is 1.53 bits per heavy atom. The number of nitrogens with one attached hydrogen (secondary N) is 2. The van der Waals surface area contributed by atoms with Crippen LogP contribution in [0, 0.1) is 11.8 Å². The summed E-state index contributed by atoms with van der Waals surface area (Å²) in [7, 11) is 0. The van der Waals surface area contributed by atoms with Crippen LogP contribution in [-0.4, -0.2) is 41.5 Å². The van der Waals surface area contributed by atoms with Gasteiger partial charge >= 0.3 is 12.1 Å². The Bertz CT molecular complexity index is 504. The second-order valence-electron chi connectivity index (χ2n) is 4.72. The third kappa shape index (κ3) is 2.39. The minimum atomic E-state index is -1.18. The number of nitrogens with zero attached hydrogens (tertiary/aromatic N) is 1. The van der Waals surface area contributed by atoms with Crippen molar-refractivity contribution >= 4 is 12.1 Å². The Labute approximate surface area is 108 Å². The van der Waals surface area contributed by atoms with E-state index in [0.717, 1.165) is 13.1 Å². The summed E-state index contributed by atoms with van der Waals surface area (Å²) >= 11 is 0. The van der Waals surface area contributed by atoms with E-state index in [1.165, 1.54) is 6.07 Å². The molecule has 2 heterocycles. The second kappa shape index (κ2) is 4.54. The highest BCUT2D eigenvalue weighted by Gasteiger charge is 2.53. The SMILES string of the molecule is O=C(NC1C2CNCC21)OCc1cc(C(=O)O)no1. The third-order valence-corrected chi connectivity index (χ3v) is 3.50. The zero-order valence-electron chi connectivity index (χ0n) is 9.96. The summed E-state index contributed by atoms with van der Waals surface area (Å²) in [6, 6.07) is 1.42. The number of carbonyl (C=O) groups is 2. The number of carbonyl (C=O) groups excluding carboxylic acids is 1. The van der Waals surface area contributed by atoms with Crippen LogP contribution < -0.4 is 10.6 Å². The van der Waals surface area contributed by atoms with Gasteiger partial charge in [-0.1, -0.05) is 5.16 Å². The van der Waals surface area contributed by atoms with Gasteiger partial charge in [0.25, 0.3) is 0 Å². The Morgan fingerprint density at radius 3 is 2.89 bits per heavy atom. The zero-order valence-corrected chi connectivity index (χ0v) is 9.96. The normalized spacial score (nSPS) is 27.7. The first-order valence-corrected chi connectivity index (χ1v) is 5.98. The molecule has 3 N–H and O–H groups in total. The molecule has 1 aromatic heterocycles. The van der Waals surface area contributed by atoms with Gasteiger partial charge in [-0.25, -0.2) is 9.59 Å². The fourth-order valence-corrected chi connectivity index (χ4v) is 2.43. The number of carboxylic acids is 1. The number of alkyl carbamates (subject to hydrolysis) is 1. The number of fused-ring (bicyclic) bond motifs is 1. The molecular weight excluding hydrogens is 254 g/mol. The quantitative estimate of drug-likeness (QED) is 0.693. The maximum absolute atomic E-state index is 11.5. The lowest BCUT2D eigenvalue weighted by Gasteiger charge is -2.07. The van der Waals surface area contributed by atoms with E-state index in [-0.39, 0.29) is 24.1 Å². The molecule has 19 heavy (non-hydrogen) atoms.